The van der Waals surface area contributed by atoms with Gasteiger partial charge in [0, 0.05) is 32.3 Å². The molecule has 0 atom stereocenters. The van der Waals surface area contributed by atoms with Crippen molar-refractivity contribution >= 4 is 41.1 Å². The minimum atomic E-state index is 0.193. The number of phenols is 1. The highest BCUT2D eigenvalue weighted by Crippen LogP contribution is 2.32. The summed E-state index contributed by atoms with van der Waals surface area (Å²) in [5.41, 5.74) is 10.7. The second kappa shape index (κ2) is 10.6. The number of aromatic nitrogens is 1. The van der Waals surface area contributed by atoms with Crippen molar-refractivity contribution in [2.24, 2.45) is 10.7 Å². The van der Waals surface area contributed by atoms with E-state index in [0.717, 1.165) is 32.8 Å². The average Bonchev–Trinajstić information content (AvgIpc) is 2.82. The lowest BCUT2D eigenvalue weighted by atomic mass is 9.98. The Morgan fingerprint density at radius 2 is 1.61 bits per heavy atom. The van der Waals surface area contributed by atoms with E-state index in [1.165, 1.54) is 11.9 Å². The van der Waals surface area contributed by atoms with E-state index >= 15 is 0 Å². The lowest BCUT2D eigenvalue weighted by Crippen LogP contribution is -2.25. The van der Waals surface area contributed by atoms with Gasteiger partial charge in [-0.25, -0.2) is 4.99 Å². The largest absolute Gasteiger partial charge is 0.508 e. The predicted octanol–water partition coefficient (Wildman–Crippen LogP) is 6.54. The zero-order valence-electron chi connectivity index (χ0n) is 17.4. The zero-order chi connectivity index (χ0) is 23.2. The molecule has 0 fully saturated rings. The summed E-state index contributed by atoms with van der Waals surface area (Å²) in [6, 6.07) is 24.2. The third kappa shape index (κ3) is 6.20. The number of phenolic OH excluding ortho intramolecular Hbond substituents is 1. The fraction of sp³-hybridized carbons (Fsp3) is 0.0400. The first-order valence-electron chi connectivity index (χ1n) is 10.0. The number of nitrogens with two attached hydrogens (primary N) is 1. The number of guanidine groups is 1. The quantitative estimate of drug-likeness (QED) is 0.161. The van der Waals surface area contributed by atoms with Crippen molar-refractivity contribution in [3.05, 3.63) is 101 Å². The van der Waals surface area contributed by atoms with Gasteiger partial charge in [0.25, 0.3) is 0 Å². The number of aromatic hydroxyl groups is 1. The highest BCUT2D eigenvalue weighted by molar-refractivity contribution is 7.98. The number of nitrogens with zero attached hydrogens (tertiary/aromatic N) is 2. The van der Waals surface area contributed by atoms with E-state index in [4.69, 9.17) is 33.9 Å². The van der Waals surface area contributed by atoms with Crippen LogP contribution in [-0.2, 0) is 6.54 Å². The van der Waals surface area contributed by atoms with E-state index in [9.17, 15) is 5.11 Å². The normalized spacial score (nSPS) is 11.4. The number of pyridine rings is 1. The van der Waals surface area contributed by atoms with Crippen LogP contribution in [0.4, 0.5) is 0 Å². The molecule has 1 heterocycles. The van der Waals surface area contributed by atoms with Crippen LogP contribution < -0.4 is 10.5 Å². The van der Waals surface area contributed by atoms with Gasteiger partial charge < -0.3 is 10.8 Å². The number of aliphatic imine (C=N–C) groups is 1. The molecule has 4 aromatic rings. The Morgan fingerprint density at radius 3 is 2.27 bits per heavy atom. The van der Waals surface area contributed by atoms with E-state index < -0.39 is 0 Å². The molecule has 33 heavy (non-hydrogen) atoms. The number of benzene rings is 3. The van der Waals surface area contributed by atoms with E-state index in [2.05, 4.69) is 15.8 Å². The summed E-state index contributed by atoms with van der Waals surface area (Å²) in [5.74, 6) is 0.469. The molecule has 0 radical (unpaired) electrons. The number of halogens is 2. The molecule has 4 N–H and O–H groups in total. The smallest absolute Gasteiger partial charge is 0.199 e. The van der Waals surface area contributed by atoms with Crippen LogP contribution in [0.1, 0.15) is 5.56 Å². The van der Waals surface area contributed by atoms with E-state index in [-0.39, 0.29) is 11.7 Å². The lowest BCUT2D eigenvalue weighted by Gasteiger charge is -2.12. The molecule has 0 saturated carbocycles. The van der Waals surface area contributed by atoms with Crippen LogP contribution in [0, 0.1) is 0 Å². The van der Waals surface area contributed by atoms with E-state index in [1.807, 2.05) is 54.6 Å². The van der Waals surface area contributed by atoms with Gasteiger partial charge in [-0.2, -0.15) is 0 Å². The van der Waals surface area contributed by atoms with Gasteiger partial charge in [0.15, 0.2) is 5.96 Å². The predicted molar refractivity (Wildman–Crippen MR) is 138 cm³/mol. The van der Waals surface area contributed by atoms with Crippen molar-refractivity contribution in [2.75, 3.05) is 0 Å². The van der Waals surface area contributed by atoms with Crippen molar-refractivity contribution in [1.82, 2.24) is 9.71 Å². The van der Waals surface area contributed by atoms with Crippen molar-refractivity contribution in [1.29, 1.82) is 0 Å². The molecule has 166 valence electrons. The van der Waals surface area contributed by atoms with Gasteiger partial charge >= 0.3 is 0 Å². The minimum absolute atomic E-state index is 0.193. The van der Waals surface area contributed by atoms with Crippen LogP contribution in [-0.4, -0.2) is 16.1 Å². The van der Waals surface area contributed by atoms with Crippen LogP contribution in [0.5, 0.6) is 5.75 Å². The van der Waals surface area contributed by atoms with Gasteiger partial charge in [-0.3, -0.25) is 9.71 Å². The Kier molecular flexibility index (Phi) is 7.40. The lowest BCUT2D eigenvalue weighted by molar-refractivity contribution is 0.474. The molecular weight excluding hydrogens is 475 g/mol. The van der Waals surface area contributed by atoms with Crippen molar-refractivity contribution < 1.29 is 5.11 Å². The summed E-state index contributed by atoms with van der Waals surface area (Å²) in [6.07, 6.45) is 1.79. The summed E-state index contributed by atoms with van der Waals surface area (Å²) >= 11 is 13.4. The molecule has 3 aromatic carbocycles. The Bertz CT molecular complexity index is 1280. The van der Waals surface area contributed by atoms with E-state index in [0.29, 0.717) is 16.6 Å². The van der Waals surface area contributed by atoms with Crippen molar-refractivity contribution in [3.8, 4) is 28.1 Å². The third-order valence-electron chi connectivity index (χ3n) is 4.74. The first-order valence-corrected chi connectivity index (χ1v) is 11.6. The van der Waals surface area contributed by atoms with Crippen molar-refractivity contribution in [3.63, 3.8) is 0 Å². The van der Waals surface area contributed by atoms with Crippen molar-refractivity contribution in [2.45, 2.75) is 11.4 Å². The maximum atomic E-state index is 9.56. The Morgan fingerprint density at radius 1 is 0.939 bits per heavy atom. The molecule has 0 aliphatic rings. The SMILES string of the molecule is NC(=NCc1cnc(-c2ccc(Cl)cc2)c(-c2ccc(Cl)cc2)c1)NSc1cccc(O)c1. The minimum Gasteiger partial charge on any atom is -0.508 e. The fourth-order valence-electron chi connectivity index (χ4n) is 3.15. The summed E-state index contributed by atoms with van der Waals surface area (Å²) in [5, 5.41) is 10.9. The number of hydrogen-bond donors (Lipinski definition) is 3. The molecule has 8 heteroatoms. The summed E-state index contributed by atoms with van der Waals surface area (Å²) < 4.78 is 2.98. The van der Waals surface area contributed by atoms with Gasteiger partial charge in [0.05, 0.1) is 12.2 Å². The molecule has 0 bridgehead atoms. The van der Waals surface area contributed by atoms with Crippen LogP contribution >= 0.6 is 35.1 Å². The van der Waals surface area contributed by atoms with Gasteiger partial charge in [0.2, 0.25) is 0 Å². The molecular formula is C25H20Cl2N4OS. The van der Waals surface area contributed by atoms with Crippen LogP contribution in [0.15, 0.2) is 94.9 Å². The monoisotopic (exact) mass is 494 g/mol. The summed E-state index contributed by atoms with van der Waals surface area (Å²) in [4.78, 5) is 9.96. The van der Waals surface area contributed by atoms with Gasteiger partial charge in [-0.05, 0) is 71.6 Å². The zero-order valence-corrected chi connectivity index (χ0v) is 19.7. The molecule has 0 aliphatic carbocycles. The summed E-state index contributed by atoms with van der Waals surface area (Å²) in [6.45, 7) is 0.355. The highest BCUT2D eigenvalue weighted by Gasteiger charge is 2.11. The molecule has 0 aliphatic heterocycles. The molecule has 0 saturated heterocycles. The first kappa shape index (κ1) is 23.0. The third-order valence-corrected chi connectivity index (χ3v) is 6.05. The topological polar surface area (TPSA) is 83.5 Å². The molecule has 5 nitrogen and oxygen atoms in total. The Balaban J connectivity index is 1.57. The standard InChI is InChI=1S/C25H20Cl2N4OS/c26-19-8-4-17(5-9-19)23-12-16(14-29-24(23)18-6-10-20(27)11-7-18)15-30-25(28)31-33-22-3-1-2-21(32)13-22/h1-14,32H,15H2,(H3,28,30,31). The fourth-order valence-corrected chi connectivity index (χ4v) is 4.01. The average molecular weight is 495 g/mol. The van der Waals surface area contributed by atoms with Gasteiger partial charge in [-0.1, -0.05) is 53.5 Å². The summed E-state index contributed by atoms with van der Waals surface area (Å²) in [7, 11) is 0. The van der Waals surface area contributed by atoms with Crippen LogP contribution in [0.3, 0.4) is 0 Å². The maximum absolute atomic E-state index is 9.56. The second-order valence-electron chi connectivity index (χ2n) is 7.16. The van der Waals surface area contributed by atoms with E-state index in [1.54, 1.807) is 24.4 Å². The van der Waals surface area contributed by atoms with Gasteiger partial charge in [-0.15, -0.1) is 0 Å². The number of nitrogens with one attached hydrogen (secondary N) is 1. The second-order valence-corrected chi connectivity index (χ2v) is 8.91. The maximum Gasteiger partial charge on any atom is 0.199 e. The molecule has 0 unspecified atom stereocenters. The molecule has 1 aromatic heterocycles. The first-order chi connectivity index (χ1) is 16.0. The number of rotatable bonds is 6. The molecule has 0 amide bonds. The van der Waals surface area contributed by atoms with Crippen LogP contribution in [0.25, 0.3) is 22.4 Å². The van der Waals surface area contributed by atoms with Crippen LogP contribution in [0.2, 0.25) is 10.0 Å². The Labute approximate surface area is 206 Å². The molecule has 0 spiro atoms. The van der Waals surface area contributed by atoms with Gasteiger partial charge in [0.1, 0.15) is 5.75 Å². The Hall–Kier alpha value is -3.19. The molecule has 4 rings (SSSR count). The number of hydrogen-bond acceptors (Lipinski definition) is 4. The highest BCUT2D eigenvalue weighted by atomic mass is 35.5.